The number of fused-ring (bicyclic) bond motifs is 1. The standard InChI is InChI=1S/C23H21N3O2/c1-27-20-14-8-11-17(21(20)28-2)15-24-23-18-12-6-7-13-19(18)25-22(26-23)16-9-4-3-5-10-16/h3-14H,15H2,1-2H3,(H,24,25,26). The molecule has 140 valence electrons. The second-order valence-electron chi connectivity index (χ2n) is 6.29. The van der Waals surface area contributed by atoms with Crippen molar-refractivity contribution in [1.29, 1.82) is 0 Å². The Hall–Kier alpha value is -3.60. The lowest BCUT2D eigenvalue weighted by molar-refractivity contribution is 0.352. The van der Waals surface area contributed by atoms with Gasteiger partial charge in [-0.3, -0.25) is 0 Å². The molecule has 0 unspecified atom stereocenters. The first-order valence-corrected chi connectivity index (χ1v) is 9.06. The van der Waals surface area contributed by atoms with Crippen LogP contribution in [0.4, 0.5) is 5.82 Å². The highest BCUT2D eigenvalue weighted by molar-refractivity contribution is 5.90. The summed E-state index contributed by atoms with van der Waals surface area (Å²) >= 11 is 0. The van der Waals surface area contributed by atoms with Gasteiger partial charge >= 0.3 is 0 Å². The van der Waals surface area contributed by atoms with Crippen molar-refractivity contribution in [2.24, 2.45) is 0 Å². The SMILES string of the molecule is COc1cccc(CNc2nc(-c3ccccc3)nc3ccccc23)c1OC. The fourth-order valence-electron chi connectivity index (χ4n) is 3.20. The first-order valence-electron chi connectivity index (χ1n) is 9.06. The second kappa shape index (κ2) is 7.96. The van der Waals surface area contributed by atoms with E-state index in [0.29, 0.717) is 18.1 Å². The van der Waals surface area contributed by atoms with Gasteiger partial charge < -0.3 is 14.8 Å². The summed E-state index contributed by atoms with van der Waals surface area (Å²) in [6.45, 7) is 0.551. The van der Waals surface area contributed by atoms with Gasteiger partial charge in [0.1, 0.15) is 5.82 Å². The van der Waals surface area contributed by atoms with Crippen molar-refractivity contribution >= 4 is 16.7 Å². The molecule has 4 rings (SSSR count). The Labute approximate surface area is 164 Å². The Balaban J connectivity index is 1.73. The van der Waals surface area contributed by atoms with Crippen LogP contribution in [0.1, 0.15) is 5.56 Å². The van der Waals surface area contributed by atoms with E-state index in [2.05, 4.69) is 5.32 Å². The molecular formula is C23H21N3O2. The third-order valence-electron chi connectivity index (χ3n) is 4.57. The van der Waals surface area contributed by atoms with Crippen LogP contribution in [-0.4, -0.2) is 24.2 Å². The minimum atomic E-state index is 0.551. The van der Waals surface area contributed by atoms with Gasteiger partial charge in [0.2, 0.25) is 0 Å². The van der Waals surface area contributed by atoms with Crippen LogP contribution < -0.4 is 14.8 Å². The van der Waals surface area contributed by atoms with Gasteiger partial charge in [0.15, 0.2) is 17.3 Å². The molecule has 4 aromatic rings. The Morgan fingerprint density at radius 2 is 1.57 bits per heavy atom. The number of rotatable bonds is 6. The molecule has 0 aliphatic rings. The first kappa shape index (κ1) is 17.8. The van der Waals surface area contributed by atoms with E-state index in [1.165, 1.54) is 0 Å². The maximum Gasteiger partial charge on any atom is 0.165 e. The molecule has 5 heteroatoms. The van der Waals surface area contributed by atoms with E-state index in [9.17, 15) is 0 Å². The van der Waals surface area contributed by atoms with E-state index in [1.807, 2.05) is 72.8 Å². The van der Waals surface area contributed by atoms with Gasteiger partial charge in [0, 0.05) is 23.1 Å². The van der Waals surface area contributed by atoms with Crippen molar-refractivity contribution in [2.45, 2.75) is 6.54 Å². The highest BCUT2D eigenvalue weighted by atomic mass is 16.5. The van der Waals surface area contributed by atoms with Gasteiger partial charge in [-0.2, -0.15) is 0 Å². The highest BCUT2D eigenvalue weighted by Gasteiger charge is 2.12. The Morgan fingerprint density at radius 3 is 2.36 bits per heavy atom. The smallest absolute Gasteiger partial charge is 0.165 e. The number of anilines is 1. The monoisotopic (exact) mass is 371 g/mol. The van der Waals surface area contributed by atoms with Crippen LogP contribution in [0, 0.1) is 0 Å². The van der Waals surface area contributed by atoms with E-state index in [-0.39, 0.29) is 0 Å². The van der Waals surface area contributed by atoms with Crippen molar-refractivity contribution < 1.29 is 9.47 Å². The van der Waals surface area contributed by atoms with E-state index in [0.717, 1.165) is 33.6 Å². The molecule has 0 saturated carbocycles. The van der Waals surface area contributed by atoms with Crippen molar-refractivity contribution in [2.75, 3.05) is 19.5 Å². The molecule has 1 heterocycles. The van der Waals surface area contributed by atoms with Crippen LogP contribution in [0.25, 0.3) is 22.3 Å². The number of hydrogen-bond donors (Lipinski definition) is 1. The fourth-order valence-corrected chi connectivity index (χ4v) is 3.20. The minimum absolute atomic E-state index is 0.551. The second-order valence-corrected chi connectivity index (χ2v) is 6.29. The Bertz CT molecular complexity index is 1100. The molecular weight excluding hydrogens is 350 g/mol. The number of aromatic nitrogens is 2. The van der Waals surface area contributed by atoms with E-state index < -0.39 is 0 Å². The lowest BCUT2D eigenvalue weighted by Crippen LogP contribution is -2.06. The molecule has 5 nitrogen and oxygen atoms in total. The molecule has 0 amide bonds. The Kier molecular flexibility index (Phi) is 5.06. The van der Waals surface area contributed by atoms with Gasteiger partial charge in [0.05, 0.1) is 19.7 Å². The summed E-state index contributed by atoms with van der Waals surface area (Å²) in [5.41, 5.74) is 2.87. The molecule has 0 radical (unpaired) electrons. The van der Waals surface area contributed by atoms with Crippen molar-refractivity contribution in [3.63, 3.8) is 0 Å². The summed E-state index contributed by atoms with van der Waals surface area (Å²) < 4.78 is 10.9. The third-order valence-corrected chi connectivity index (χ3v) is 4.57. The fraction of sp³-hybridized carbons (Fsp3) is 0.130. The predicted octanol–water partition coefficient (Wildman–Crippen LogP) is 4.93. The van der Waals surface area contributed by atoms with Crippen LogP contribution in [0.5, 0.6) is 11.5 Å². The Morgan fingerprint density at radius 1 is 0.786 bits per heavy atom. The summed E-state index contributed by atoms with van der Waals surface area (Å²) in [6.07, 6.45) is 0. The quantitative estimate of drug-likeness (QED) is 0.521. The normalized spacial score (nSPS) is 10.6. The molecule has 28 heavy (non-hydrogen) atoms. The molecule has 0 bridgehead atoms. The van der Waals surface area contributed by atoms with Crippen LogP contribution >= 0.6 is 0 Å². The lowest BCUT2D eigenvalue weighted by atomic mass is 10.1. The summed E-state index contributed by atoms with van der Waals surface area (Å²) in [5.74, 6) is 2.91. The van der Waals surface area contributed by atoms with Crippen LogP contribution in [0.15, 0.2) is 72.8 Å². The minimum Gasteiger partial charge on any atom is -0.493 e. The lowest BCUT2D eigenvalue weighted by Gasteiger charge is -2.15. The van der Waals surface area contributed by atoms with Crippen molar-refractivity contribution in [3.8, 4) is 22.9 Å². The summed E-state index contributed by atoms with van der Waals surface area (Å²) in [6, 6.07) is 23.8. The van der Waals surface area contributed by atoms with Crippen molar-refractivity contribution in [3.05, 3.63) is 78.4 Å². The van der Waals surface area contributed by atoms with Gasteiger partial charge in [-0.1, -0.05) is 54.6 Å². The third kappa shape index (κ3) is 3.47. The average Bonchev–Trinajstić information content (AvgIpc) is 2.77. The number of nitrogens with one attached hydrogen (secondary N) is 1. The van der Waals surface area contributed by atoms with Gasteiger partial charge in [-0.05, 0) is 18.2 Å². The number of methoxy groups -OCH3 is 2. The molecule has 1 N–H and O–H groups in total. The molecule has 0 aliphatic carbocycles. The summed E-state index contributed by atoms with van der Waals surface area (Å²) in [7, 11) is 3.29. The van der Waals surface area contributed by atoms with Gasteiger partial charge in [-0.25, -0.2) is 9.97 Å². The highest BCUT2D eigenvalue weighted by Crippen LogP contribution is 2.32. The van der Waals surface area contributed by atoms with E-state index >= 15 is 0 Å². The predicted molar refractivity (Wildman–Crippen MR) is 112 cm³/mol. The molecule has 0 spiro atoms. The molecule has 3 aromatic carbocycles. The zero-order valence-electron chi connectivity index (χ0n) is 15.8. The number of nitrogens with zero attached hydrogens (tertiary/aromatic N) is 2. The number of benzene rings is 3. The topological polar surface area (TPSA) is 56.3 Å². The van der Waals surface area contributed by atoms with E-state index in [4.69, 9.17) is 19.4 Å². The largest absolute Gasteiger partial charge is 0.493 e. The van der Waals surface area contributed by atoms with Crippen LogP contribution in [0.3, 0.4) is 0 Å². The van der Waals surface area contributed by atoms with Gasteiger partial charge in [0.25, 0.3) is 0 Å². The number of hydrogen-bond acceptors (Lipinski definition) is 5. The molecule has 0 atom stereocenters. The molecule has 0 fully saturated rings. The van der Waals surface area contributed by atoms with Crippen molar-refractivity contribution in [1.82, 2.24) is 9.97 Å². The van der Waals surface area contributed by atoms with Gasteiger partial charge in [-0.15, -0.1) is 0 Å². The number of para-hydroxylation sites is 2. The zero-order chi connectivity index (χ0) is 19.3. The maximum absolute atomic E-state index is 5.54. The molecule has 0 saturated heterocycles. The van der Waals surface area contributed by atoms with E-state index in [1.54, 1.807) is 14.2 Å². The maximum atomic E-state index is 5.54. The molecule has 0 aliphatic heterocycles. The number of ether oxygens (including phenoxy) is 2. The summed E-state index contributed by atoms with van der Waals surface area (Å²) in [5, 5.41) is 4.43. The summed E-state index contributed by atoms with van der Waals surface area (Å²) in [4.78, 5) is 9.52. The van der Waals surface area contributed by atoms with Crippen LogP contribution in [0.2, 0.25) is 0 Å². The molecule has 1 aromatic heterocycles. The van der Waals surface area contributed by atoms with Crippen LogP contribution in [-0.2, 0) is 6.54 Å². The first-order chi connectivity index (χ1) is 13.8. The average molecular weight is 371 g/mol. The zero-order valence-corrected chi connectivity index (χ0v) is 15.8.